The highest BCUT2D eigenvalue weighted by Crippen LogP contribution is 2.38. The highest BCUT2D eigenvalue weighted by molar-refractivity contribution is 4.95. The van der Waals surface area contributed by atoms with Gasteiger partial charge in [0.2, 0.25) is 0 Å². The van der Waals surface area contributed by atoms with Crippen molar-refractivity contribution in [2.45, 2.75) is 50.4 Å². The Bertz CT molecular complexity index is 177. The fourth-order valence-electron chi connectivity index (χ4n) is 2.82. The second-order valence-corrected chi connectivity index (χ2v) is 4.42. The molecule has 0 aromatic carbocycles. The van der Waals surface area contributed by atoms with Gasteiger partial charge in [-0.1, -0.05) is 0 Å². The van der Waals surface area contributed by atoms with Gasteiger partial charge in [-0.15, -0.1) is 0 Å². The molecule has 3 atom stereocenters. The van der Waals surface area contributed by atoms with E-state index in [4.69, 9.17) is 4.74 Å². The van der Waals surface area contributed by atoms with Crippen LogP contribution in [0.1, 0.15) is 32.1 Å². The number of hydrogen-bond donors (Lipinski definition) is 0. The molecule has 2 aliphatic heterocycles. The summed E-state index contributed by atoms with van der Waals surface area (Å²) in [6, 6.07) is 0.872. The van der Waals surface area contributed by atoms with Gasteiger partial charge in [-0.3, -0.25) is 0 Å². The molecule has 0 aromatic rings. The van der Waals surface area contributed by atoms with Crippen LogP contribution in [-0.2, 0) is 4.74 Å². The lowest BCUT2D eigenvalue weighted by molar-refractivity contribution is 0.201. The van der Waals surface area contributed by atoms with Crippen molar-refractivity contribution in [3.8, 4) is 0 Å². The zero-order valence-corrected chi connectivity index (χ0v) is 7.54. The van der Waals surface area contributed by atoms with Gasteiger partial charge in [0.15, 0.2) is 0 Å². The number of likely N-dealkylation sites (tertiary alicyclic amines) is 1. The molecule has 0 aromatic heterocycles. The second kappa shape index (κ2) is 2.71. The molecule has 2 nitrogen and oxygen atoms in total. The largest absolute Gasteiger partial charge is 0.370 e. The van der Waals surface area contributed by atoms with Crippen LogP contribution >= 0.6 is 0 Å². The van der Waals surface area contributed by atoms with Crippen molar-refractivity contribution in [1.29, 1.82) is 0 Å². The number of rotatable bonds is 1. The first-order valence-electron chi connectivity index (χ1n) is 5.33. The maximum atomic E-state index is 5.54. The Morgan fingerprint density at radius 3 is 2.58 bits per heavy atom. The molecule has 68 valence electrons. The zero-order chi connectivity index (χ0) is 7.97. The van der Waals surface area contributed by atoms with E-state index >= 15 is 0 Å². The van der Waals surface area contributed by atoms with Crippen molar-refractivity contribution in [1.82, 2.24) is 4.90 Å². The normalized spacial score (nSPS) is 47.5. The van der Waals surface area contributed by atoms with Crippen LogP contribution in [0, 0.1) is 0 Å². The minimum Gasteiger partial charge on any atom is -0.370 e. The molecule has 0 amide bonds. The molecular formula is C10H17NO. The third-order valence-electron chi connectivity index (χ3n) is 3.63. The third-order valence-corrected chi connectivity index (χ3v) is 3.63. The van der Waals surface area contributed by atoms with Gasteiger partial charge < -0.3 is 9.64 Å². The Morgan fingerprint density at radius 2 is 1.83 bits per heavy atom. The molecule has 0 radical (unpaired) electrons. The Hall–Kier alpha value is -0.0800. The SMILES string of the molecule is C1CCN(C2CCC3OC3C2)C1. The van der Waals surface area contributed by atoms with E-state index in [-0.39, 0.29) is 0 Å². The molecule has 3 unspecified atom stereocenters. The summed E-state index contributed by atoms with van der Waals surface area (Å²) in [5.74, 6) is 0. The molecule has 2 heterocycles. The van der Waals surface area contributed by atoms with Gasteiger partial charge >= 0.3 is 0 Å². The van der Waals surface area contributed by atoms with Gasteiger partial charge in [-0.05, 0) is 45.2 Å². The summed E-state index contributed by atoms with van der Waals surface area (Å²) in [5, 5.41) is 0. The van der Waals surface area contributed by atoms with Crippen molar-refractivity contribution >= 4 is 0 Å². The maximum Gasteiger partial charge on any atom is 0.0856 e. The molecule has 0 bridgehead atoms. The number of nitrogens with zero attached hydrogens (tertiary/aromatic N) is 1. The van der Waals surface area contributed by atoms with Gasteiger partial charge in [-0.25, -0.2) is 0 Å². The van der Waals surface area contributed by atoms with Gasteiger partial charge in [0.05, 0.1) is 12.2 Å². The molecule has 2 heteroatoms. The molecule has 1 saturated carbocycles. The molecule has 12 heavy (non-hydrogen) atoms. The topological polar surface area (TPSA) is 15.8 Å². The van der Waals surface area contributed by atoms with Crippen LogP contribution in [0.5, 0.6) is 0 Å². The van der Waals surface area contributed by atoms with E-state index in [9.17, 15) is 0 Å². The lowest BCUT2D eigenvalue weighted by Gasteiger charge is -2.28. The van der Waals surface area contributed by atoms with Crippen LogP contribution in [0.3, 0.4) is 0 Å². The van der Waals surface area contributed by atoms with Crippen molar-refractivity contribution in [3.63, 3.8) is 0 Å². The van der Waals surface area contributed by atoms with Gasteiger partial charge in [0.25, 0.3) is 0 Å². The zero-order valence-electron chi connectivity index (χ0n) is 7.54. The Kier molecular flexibility index (Phi) is 1.66. The Labute approximate surface area is 73.9 Å². The predicted molar refractivity (Wildman–Crippen MR) is 47.1 cm³/mol. The fraction of sp³-hybridized carbons (Fsp3) is 1.00. The smallest absolute Gasteiger partial charge is 0.0856 e. The number of hydrogen-bond acceptors (Lipinski definition) is 2. The number of fused-ring (bicyclic) bond motifs is 1. The highest BCUT2D eigenvalue weighted by atomic mass is 16.6. The van der Waals surface area contributed by atoms with Crippen LogP contribution < -0.4 is 0 Å². The van der Waals surface area contributed by atoms with E-state index < -0.39 is 0 Å². The van der Waals surface area contributed by atoms with Gasteiger partial charge in [0, 0.05) is 6.04 Å². The van der Waals surface area contributed by atoms with Gasteiger partial charge in [-0.2, -0.15) is 0 Å². The second-order valence-electron chi connectivity index (χ2n) is 4.42. The first kappa shape index (κ1) is 7.34. The summed E-state index contributed by atoms with van der Waals surface area (Å²) in [7, 11) is 0. The molecule has 2 saturated heterocycles. The molecule has 0 spiro atoms. The van der Waals surface area contributed by atoms with Crippen LogP contribution in [-0.4, -0.2) is 36.2 Å². The van der Waals surface area contributed by atoms with Crippen LogP contribution in [0.4, 0.5) is 0 Å². The summed E-state index contributed by atoms with van der Waals surface area (Å²) in [6.45, 7) is 2.70. The minimum absolute atomic E-state index is 0.657. The lowest BCUT2D eigenvalue weighted by Crippen LogP contribution is -2.36. The summed E-state index contributed by atoms with van der Waals surface area (Å²) in [6.07, 6.45) is 8.21. The molecular weight excluding hydrogens is 150 g/mol. The van der Waals surface area contributed by atoms with Crippen molar-refractivity contribution in [2.75, 3.05) is 13.1 Å². The number of ether oxygens (including phenoxy) is 1. The van der Waals surface area contributed by atoms with Crippen molar-refractivity contribution < 1.29 is 4.74 Å². The fourth-order valence-corrected chi connectivity index (χ4v) is 2.82. The van der Waals surface area contributed by atoms with E-state index in [0.717, 1.165) is 6.04 Å². The van der Waals surface area contributed by atoms with Crippen molar-refractivity contribution in [3.05, 3.63) is 0 Å². The Balaban J connectivity index is 1.60. The third kappa shape index (κ3) is 1.17. The monoisotopic (exact) mass is 167 g/mol. The first-order chi connectivity index (χ1) is 5.93. The standard InChI is InChI=1S/C10H17NO/c1-2-6-11(5-1)8-3-4-9-10(7-8)12-9/h8-10H,1-7H2. The summed E-state index contributed by atoms with van der Waals surface area (Å²) >= 11 is 0. The van der Waals surface area contributed by atoms with Crippen LogP contribution in [0.2, 0.25) is 0 Å². The predicted octanol–water partition coefficient (Wildman–Crippen LogP) is 1.40. The molecule has 3 aliphatic rings. The maximum absolute atomic E-state index is 5.54. The highest BCUT2D eigenvalue weighted by Gasteiger charge is 2.45. The average Bonchev–Trinajstić information content (AvgIpc) is 2.66. The summed E-state index contributed by atoms with van der Waals surface area (Å²) in [5.41, 5.74) is 0. The van der Waals surface area contributed by atoms with Gasteiger partial charge in [0.1, 0.15) is 0 Å². The first-order valence-corrected chi connectivity index (χ1v) is 5.33. The Morgan fingerprint density at radius 1 is 1.00 bits per heavy atom. The lowest BCUT2D eigenvalue weighted by atomic mass is 9.94. The molecule has 1 aliphatic carbocycles. The minimum atomic E-state index is 0.657. The van der Waals surface area contributed by atoms with Crippen LogP contribution in [0.25, 0.3) is 0 Å². The summed E-state index contributed by atoms with van der Waals surface area (Å²) in [4.78, 5) is 2.68. The number of epoxide rings is 1. The van der Waals surface area contributed by atoms with E-state index in [1.54, 1.807) is 0 Å². The quantitative estimate of drug-likeness (QED) is 0.549. The molecule has 3 fully saturated rings. The van der Waals surface area contributed by atoms with E-state index in [0.29, 0.717) is 12.2 Å². The molecule has 0 N–H and O–H groups in total. The van der Waals surface area contributed by atoms with E-state index in [2.05, 4.69) is 4.90 Å². The molecule has 3 rings (SSSR count). The van der Waals surface area contributed by atoms with E-state index in [1.165, 1.54) is 45.2 Å². The summed E-state index contributed by atoms with van der Waals surface area (Å²) < 4.78 is 5.54. The van der Waals surface area contributed by atoms with Crippen molar-refractivity contribution in [2.24, 2.45) is 0 Å². The van der Waals surface area contributed by atoms with Crippen LogP contribution in [0.15, 0.2) is 0 Å². The average molecular weight is 167 g/mol. The van der Waals surface area contributed by atoms with E-state index in [1.807, 2.05) is 0 Å².